The third-order valence-electron chi connectivity index (χ3n) is 5.76. The van der Waals surface area contributed by atoms with Crippen molar-refractivity contribution in [2.45, 2.75) is 38.0 Å². The van der Waals surface area contributed by atoms with Crippen molar-refractivity contribution in [3.05, 3.63) is 68.4 Å². The van der Waals surface area contributed by atoms with Gasteiger partial charge in [-0.2, -0.15) is 18.3 Å². The quantitative estimate of drug-likeness (QED) is 0.660. The number of hydrogen-bond donors (Lipinski definition) is 1. The number of anilines is 1. The van der Waals surface area contributed by atoms with Crippen LogP contribution in [0.25, 0.3) is 10.8 Å². The molecule has 0 amide bonds. The van der Waals surface area contributed by atoms with Gasteiger partial charge in [0.05, 0.1) is 17.0 Å². The minimum Gasteiger partial charge on any atom is -0.381 e. The van der Waals surface area contributed by atoms with Crippen LogP contribution in [0, 0.1) is 0 Å². The van der Waals surface area contributed by atoms with Gasteiger partial charge in [0.2, 0.25) is 0 Å². The van der Waals surface area contributed by atoms with Gasteiger partial charge >= 0.3 is 6.18 Å². The van der Waals surface area contributed by atoms with E-state index < -0.39 is 23.3 Å². The molecule has 1 fully saturated rings. The fourth-order valence-electron chi connectivity index (χ4n) is 3.97. The molecule has 3 heterocycles. The molecule has 3 aromatic rings. The largest absolute Gasteiger partial charge is 0.416 e. The lowest BCUT2D eigenvalue weighted by Crippen LogP contribution is -2.30. The molecule has 170 valence electrons. The standard InChI is InChI=1S/C22H23F3N4O3/c1-13(14-4-3-5-15(10-14)22(23,24)25)26-20-18-12-29(16-6-8-32-9-7-16)19(30)11-17(18)21(31)28(2)27-20/h3-5,10-13,16H,6-9H2,1-2H3,(H,26,27). The van der Waals surface area contributed by atoms with Gasteiger partial charge in [-0.15, -0.1) is 0 Å². The Hall–Kier alpha value is -3.14. The normalized spacial score (nSPS) is 16.3. The van der Waals surface area contributed by atoms with Gasteiger partial charge < -0.3 is 14.6 Å². The van der Waals surface area contributed by atoms with Crippen molar-refractivity contribution < 1.29 is 17.9 Å². The predicted octanol–water partition coefficient (Wildman–Crippen LogP) is 3.64. The van der Waals surface area contributed by atoms with Crippen LogP contribution in [0.1, 0.15) is 43.0 Å². The molecule has 0 aliphatic carbocycles. The van der Waals surface area contributed by atoms with Gasteiger partial charge in [-0.1, -0.05) is 12.1 Å². The van der Waals surface area contributed by atoms with Crippen LogP contribution in [-0.4, -0.2) is 27.6 Å². The first-order chi connectivity index (χ1) is 15.1. The summed E-state index contributed by atoms with van der Waals surface area (Å²) in [6, 6.07) is 5.75. The molecule has 32 heavy (non-hydrogen) atoms. The summed E-state index contributed by atoms with van der Waals surface area (Å²) in [4.78, 5) is 25.3. The van der Waals surface area contributed by atoms with Crippen molar-refractivity contribution >= 4 is 16.6 Å². The number of aromatic nitrogens is 3. The van der Waals surface area contributed by atoms with Crippen LogP contribution in [0.5, 0.6) is 0 Å². The monoisotopic (exact) mass is 448 g/mol. The summed E-state index contributed by atoms with van der Waals surface area (Å²) in [5, 5.41) is 8.05. The molecule has 0 bridgehead atoms. The van der Waals surface area contributed by atoms with E-state index >= 15 is 0 Å². The van der Waals surface area contributed by atoms with Gasteiger partial charge in [-0.05, 0) is 37.5 Å². The molecular weight excluding hydrogens is 425 g/mol. The number of alkyl halides is 3. The predicted molar refractivity (Wildman–Crippen MR) is 114 cm³/mol. The minimum absolute atomic E-state index is 0.0570. The zero-order chi connectivity index (χ0) is 23.0. The number of nitrogens with one attached hydrogen (secondary N) is 1. The van der Waals surface area contributed by atoms with Crippen LogP contribution in [0.2, 0.25) is 0 Å². The summed E-state index contributed by atoms with van der Waals surface area (Å²) in [5.74, 6) is 0.313. The minimum atomic E-state index is -4.45. The van der Waals surface area contributed by atoms with Crippen molar-refractivity contribution in [3.63, 3.8) is 0 Å². The van der Waals surface area contributed by atoms with E-state index in [1.165, 1.54) is 19.2 Å². The first-order valence-electron chi connectivity index (χ1n) is 10.3. The highest BCUT2D eigenvalue weighted by atomic mass is 19.4. The summed E-state index contributed by atoms with van der Waals surface area (Å²) in [5.41, 5.74) is -1.03. The Morgan fingerprint density at radius 1 is 1.16 bits per heavy atom. The number of rotatable bonds is 4. The van der Waals surface area contributed by atoms with E-state index in [1.807, 2.05) is 0 Å². The Balaban J connectivity index is 1.77. The van der Waals surface area contributed by atoms with Crippen LogP contribution < -0.4 is 16.4 Å². The number of ether oxygens (including phenoxy) is 1. The van der Waals surface area contributed by atoms with E-state index in [1.54, 1.807) is 23.8 Å². The van der Waals surface area contributed by atoms with E-state index in [0.717, 1.165) is 16.8 Å². The molecule has 1 atom stereocenters. The van der Waals surface area contributed by atoms with Crippen molar-refractivity contribution in [2.24, 2.45) is 7.05 Å². The highest BCUT2D eigenvalue weighted by Crippen LogP contribution is 2.32. The van der Waals surface area contributed by atoms with Gasteiger partial charge in [-0.3, -0.25) is 9.59 Å². The molecule has 2 aromatic heterocycles. The van der Waals surface area contributed by atoms with Crippen molar-refractivity contribution in [1.29, 1.82) is 0 Å². The molecule has 1 aliphatic rings. The SMILES string of the molecule is CC(Nc1nn(C)c(=O)c2cc(=O)n(C3CCOCC3)cc12)c1cccc(C(F)(F)F)c1. The maximum absolute atomic E-state index is 13.1. The maximum Gasteiger partial charge on any atom is 0.416 e. The lowest BCUT2D eigenvalue weighted by atomic mass is 10.0. The first kappa shape index (κ1) is 22.1. The smallest absolute Gasteiger partial charge is 0.381 e. The second kappa shape index (κ2) is 8.42. The molecule has 0 radical (unpaired) electrons. The molecule has 1 unspecified atom stereocenters. The molecule has 0 saturated carbocycles. The van der Waals surface area contributed by atoms with Crippen LogP contribution in [0.3, 0.4) is 0 Å². The molecule has 7 nitrogen and oxygen atoms in total. The zero-order valence-electron chi connectivity index (χ0n) is 17.6. The second-order valence-corrected chi connectivity index (χ2v) is 7.96. The van der Waals surface area contributed by atoms with Gasteiger partial charge in [0.1, 0.15) is 0 Å². The number of benzene rings is 1. The van der Waals surface area contributed by atoms with Crippen LogP contribution in [-0.2, 0) is 18.0 Å². The Morgan fingerprint density at radius 2 is 1.88 bits per heavy atom. The van der Waals surface area contributed by atoms with Gasteiger partial charge in [-0.25, -0.2) is 4.68 Å². The molecule has 1 saturated heterocycles. The average Bonchev–Trinajstić information content (AvgIpc) is 2.77. The van der Waals surface area contributed by atoms with Crippen molar-refractivity contribution in [3.8, 4) is 0 Å². The summed E-state index contributed by atoms with van der Waals surface area (Å²) in [6.07, 6.45) is -1.49. The average molecular weight is 448 g/mol. The highest BCUT2D eigenvalue weighted by molar-refractivity contribution is 5.90. The number of aryl methyl sites for hydroxylation is 1. The molecule has 0 spiro atoms. The third-order valence-corrected chi connectivity index (χ3v) is 5.76. The fraction of sp³-hybridized carbons (Fsp3) is 0.409. The van der Waals surface area contributed by atoms with Crippen LogP contribution >= 0.6 is 0 Å². The summed E-state index contributed by atoms with van der Waals surface area (Å²) in [7, 11) is 1.46. The number of nitrogens with zero attached hydrogens (tertiary/aromatic N) is 3. The number of hydrogen-bond acceptors (Lipinski definition) is 5. The second-order valence-electron chi connectivity index (χ2n) is 7.96. The van der Waals surface area contributed by atoms with Gasteiger partial charge in [0.25, 0.3) is 11.1 Å². The fourth-order valence-corrected chi connectivity index (χ4v) is 3.97. The molecule has 1 aliphatic heterocycles. The van der Waals surface area contributed by atoms with Crippen molar-refractivity contribution in [1.82, 2.24) is 14.3 Å². The van der Waals surface area contributed by atoms with Crippen LogP contribution in [0.4, 0.5) is 19.0 Å². The number of halogens is 3. The Kier molecular flexibility index (Phi) is 5.81. The van der Waals surface area contributed by atoms with E-state index in [4.69, 9.17) is 4.74 Å². The Bertz CT molecular complexity index is 1260. The first-order valence-corrected chi connectivity index (χ1v) is 10.3. The van der Waals surface area contributed by atoms with E-state index in [-0.39, 0.29) is 17.0 Å². The molecular formula is C22H23F3N4O3. The summed E-state index contributed by atoms with van der Waals surface area (Å²) < 4.78 is 47.4. The maximum atomic E-state index is 13.1. The molecule has 4 rings (SSSR count). The molecule has 1 aromatic carbocycles. The summed E-state index contributed by atoms with van der Waals surface area (Å²) in [6.45, 7) is 2.80. The Morgan fingerprint density at radius 3 is 2.56 bits per heavy atom. The van der Waals surface area contributed by atoms with Gasteiger partial charge in [0, 0.05) is 44.0 Å². The topological polar surface area (TPSA) is 78.2 Å². The summed E-state index contributed by atoms with van der Waals surface area (Å²) >= 11 is 0. The van der Waals surface area contributed by atoms with Crippen molar-refractivity contribution in [2.75, 3.05) is 18.5 Å². The zero-order valence-corrected chi connectivity index (χ0v) is 17.6. The number of fused-ring (bicyclic) bond motifs is 1. The lowest BCUT2D eigenvalue weighted by molar-refractivity contribution is -0.137. The molecule has 1 N–H and O–H groups in total. The van der Waals surface area contributed by atoms with Crippen LogP contribution in [0.15, 0.2) is 46.1 Å². The molecule has 10 heteroatoms. The lowest BCUT2D eigenvalue weighted by Gasteiger charge is -2.25. The van der Waals surface area contributed by atoms with Gasteiger partial charge in [0.15, 0.2) is 5.82 Å². The van der Waals surface area contributed by atoms with E-state index in [2.05, 4.69) is 10.4 Å². The Labute approximate surface area is 181 Å². The number of pyridine rings is 1. The highest BCUT2D eigenvalue weighted by Gasteiger charge is 2.30. The van der Waals surface area contributed by atoms with E-state index in [9.17, 15) is 22.8 Å². The van der Waals surface area contributed by atoms with E-state index in [0.29, 0.717) is 42.8 Å². The third kappa shape index (κ3) is 4.27.